The molecule has 1 N–H and O–H groups in total. The van der Waals surface area contributed by atoms with Crippen LogP contribution in [-0.2, 0) is 27.8 Å². The lowest BCUT2D eigenvalue weighted by Gasteiger charge is -2.38. The second-order valence-electron chi connectivity index (χ2n) is 13.8. The number of carbonyl (C=O) groups is 3. The maximum atomic E-state index is 13.9. The average Bonchev–Trinajstić information content (AvgIpc) is 3.66. The number of benzene rings is 2. The molecule has 1 aliphatic carbocycles. The van der Waals surface area contributed by atoms with Gasteiger partial charge in [-0.3, -0.25) is 24.1 Å². The Morgan fingerprint density at radius 1 is 1.04 bits per heavy atom. The predicted octanol–water partition coefficient (Wildman–Crippen LogP) is 4.60. The lowest BCUT2D eigenvalue weighted by molar-refractivity contribution is -0.150. The van der Waals surface area contributed by atoms with E-state index in [0.29, 0.717) is 57.1 Å². The molecule has 3 aromatic rings. The number of piperazine rings is 1. The van der Waals surface area contributed by atoms with Crippen LogP contribution in [0.5, 0.6) is 0 Å². The summed E-state index contributed by atoms with van der Waals surface area (Å²) in [5.74, 6) is -0.260. The van der Waals surface area contributed by atoms with E-state index in [1.54, 1.807) is 11.7 Å². The molecule has 49 heavy (non-hydrogen) atoms. The van der Waals surface area contributed by atoms with Crippen molar-refractivity contribution < 1.29 is 32.3 Å². The molecule has 0 radical (unpaired) electrons. The van der Waals surface area contributed by atoms with E-state index in [2.05, 4.69) is 15.3 Å². The smallest absolute Gasteiger partial charge is 0.376 e. The Kier molecular flexibility index (Phi) is 10.7. The van der Waals surface area contributed by atoms with Crippen LogP contribution in [-0.4, -0.2) is 113 Å². The van der Waals surface area contributed by atoms with E-state index in [1.165, 1.54) is 4.90 Å². The van der Waals surface area contributed by atoms with Crippen molar-refractivity contribution in [2.45, 2.75) is 69.8 Å². The summed E-state index contributed by atoms with van der Waals surface area (Å²) >= 11 is 0. The number of carbonyl (C=O) groups excluding carboxylic acids is 3. The van der Waals surface area contributed by atoms with Gasteiger partial charge in [0.1, 0.15) is 6.29 Å². The van der Waals surface area contributed by atoms with E-state index < -0.39 is 12.7 Å². The Hall–Kier alpha value is -3.81. The fraction of sp³-hybridized carbons (Fsp3) is 0.556. The molecule has 3 fully saturated rings. The number of hydrogen-bond donors (Lipinski definition) is 1. The third-order valence-electron chi connectivity index (χ3n) is 10.3. The number of rotatable bonds is 10. The number of amides is 2. The van der Waals surface area contributed by atoms with Crippen LogP contribution >= 0.6 is 0 Å². The van der Waals surface area contributed by atoms with Gasteiger partial charge in [0.05, 0.1) is 37.2 Å². The molecule has 0 unspecified atom stereocenters. The zero-order valence-electron chi connectivity index (χ0n) is 28.1. The molecule has 3 heterocycles. The minimum atomic E-state index is -4.22. The summed E-state index contributed by atoms with van der Waals surface area (Å²) in [7, 11) is 1.80. The van der Waals surface area contributed by atoms with Crippen LogP contribution in [0.1, 0.15) is 53.7 Å². The van der Waals surface area contributed by atoms with E-state index >= 15 is 0 Å². The zero-order valence-corrected chi connectivity index (χ0v) is 28.1. The van der Waals surface area contributed by atoms with Crippen molar-refractivity contribution in [1.29, 1.82) is 0 Å². The molecule has 2 amide bonds. The number of anilines is 1. The number of hydrogen-bond acceptors (Lipinski definition) is 7. The number of nitrogens with one attached hydrogen (secondary N) is 1. The Labute approximate surface area is 284 Å². The molecule has 1 aromatic heterocycles. The standard InChI is InChI=1S/C36H45F3N6O4/c1-24-17-26(9-12-31(24)40-35(48)34-30-5-3-4-6-32(30)42(2)41-34)18-33(47)45-20-27(44-15-13-43(14-16-44)23-36(37,38)39)19-28(45)22-49-29-10-7-25(21-46)8-11-29/h3-6,9,12,17,21,25,27-29H,7-8,10-11,13-16,18-20,22-23H2,1-2H3,(H,40,48)/t25?,27-,28-,29?/m0/s1. The quantitative estimate of drug-likeness (QED) is 0.312. The van der Waals surface area contributed by atoms with Gasteiger partial charge in [0.2, 0.25) is 5.91 Å². The van der Waals surface area contributed by atoms with Gasteiger partial charge in [-0.05, 0) is 62.3 Å². The largest absolute Gasteiger partial charge is 0.401 e. The lowest BCUT2D eigenvalue weighted by atomic mass is 9.88. The van der Waals surface area contributed by atoms with Gasteiger partial charge in [0.15, 0.2) is 5.69 Å². The average molecular weight is 683 g/mol. The van der Waals surface area contributed by atoms with Gasteiger partial charge >= 0.3 is 6.18 Å². The van der Waals surface area contributed by atoms with Gasteiger partial charge in [0.25, 0.3) is 5.91 Å². The number of ether oxygens (including phenoxy) is 1. The number of halogens is 3. The molecule has 2 saturated heterocycles. The zero-order chi connectivity index (χ0) is 34.7. The molecular weight excluding hydrogens is 637 g/mol. The molecule has 1 saturated carbocycles. The van der Waals surface area contributed by atoms with Gasteiger partial charge in [-0.15, -0.1) is 0 Å². The molecule has 3 aliphatic rings. The van der Waals surface area contributed by atoms with Crippen molar-refractivity contribution >= 4 is 34.7 Å². The third-order valence-corrected chi connectivity index (χ3v) is 10.3. The van der Waals surface area contributed by atoms with Crippen LogP contribution in [0.2, 0.25) is 0 Å². The molecular formula is C36H45F3N6O4. The molecule has 2 aliphatic heterocycles. The fourth-order valence-corrected chi connectivity index (χ4v) is 7.61. The number of fused-ring (bicyclic) bond motifs is 1. The fourth-order valence-electron chi connectivity index (χ4n) is 7.61. The van der Waals surface area contributed by atoms with Crippen LogP contribution in [0, 0.1) is 12.8 Å². The number of aldehydes is 1. The molecule has 2 atom stereocenters. The second-order valence-corrected chi connectivity index (χ2v) is 13.8. The summed E-state index contributed by atoms with van der Waals surface area (Å²) in [4.78, 5) is 43.8. The van der Waals surface area contributed by atoms with Crippen LogP contribution in [0.15, 0.2) is 42.5 Å². The third kappa shape index (κ3) is 8.50. The summed E-state index contributed by atoms with van der Waals surface area (Å²) in [5, 5.41) is 8.15. The first kappa shape index (κ1) is 35.0. The molecule has 0 bridgehead atoms. The minimum absolute atomic E-state index is 0.0346. The first-order valence-corrected chi connectivity index (χ1v) is 17.2. The van der Waals surface area contributed by atoms with E-state index in [9.17, 15) is 27.6 Å². The van der Waals surface area contributed by atoms with Gasteiger partial charge in [-0.2, -0.15) is 18.3 Å². The summed E-state index contributed by atoms with van der Waals surface area (Å²) < 4.78 is 46.9. The first-order valence-electron chi connectivity index (χ1n) is 17.2. The monoisotopic (exact) mass is 682 g/mol. The molecule has 13 heteroatoms. The van der Waals surface area contributed by atoms with Crippen LogP contribution in [0.25, 0.3) is 10.9 Å². The van der Waals surface area contributed by atoms with Crippen LogP contribution in [0.4, 0.5) is 18.9 Å². The van der Waals surface area contributed by atoms with Crippen molar-refractivity contribution in [3.05, 3.63) is 59.3 Å². The van der Waals surface area contributed by atoms with E-state index in [-0.39, 0.29) is 42.3 Å². The van der Waals surface area contributed by atoms with Crippen molar-refractivity contribution in [2.75, 3.05) is 51.2 Å². The van der Waals surface area contributed by atoms with Crippen molar-refractivity contribution in [3.63, 3.8) is 0 Å². The van der Waals surface area contributed by atoms with Gasteiger partial charge < -0.3 is 19.7 Å². The second kappa shape index (κ2) is 15.0. The van der Waals surface area contributed by atoms with Crippen molar-refractivity contribution in [3.8, 4) is 0 Å². The van der Waals surface area contributed by atoms with E-state index in [0.717, 1.165) is 54.0 Å². The molecule has 6 rings (SSSR count). The highest BCUT2D eigenvalue weighted by atomic mass is 19.4. The van der Waals surface area contributed by atoms with E-state index in [4.69, 9.17) is 4.74 Å². The highest BCUT2D eigenvalue weighted by Gasteiger charge is 2.40. The van der Waals surface area contributed by atoms with E-state index in [1.807, 2.05) is 54.3 Å². The maximum absolute atomic E-state index is 13.9. The minimum Gasteiger partial charge on any atom is -0.376 e. The van der Waals surface area contributed by atoms with Gasteiger partial charge in [-0.25, -0.2) is 0 Å². The molecule has 10 nitrogen and oxygen atoms in total. The summed E-state index contributed by atoms with van der Waals surface area (Å²) in [6, 6.07) is 13.0. The van der Waals surface area contributed by atoms with Gasteiger partial charge in [-0.1, -0.05) is 30.3 Å². The Bertz CT molecular complexity index is 1650. The summed E-state index contributed by atoms with van der Waals surface area (Å²) in [6.45, 7) is 3.59. The summed E-state index contributed by atoms with van der Waals surface area (Å²) in [6.07, 6.45) is 0.960. The van der Waals surface area contributed by atoms with Crippen LogP contribution in [0.3, 0.4) is 0 Å². The highest BCUT2D eigenvalue weighted by molar-refractivity contribution is 6.11. The number of aryl methyl sites for hydroxylation is 2. The number of likely N-dealkylation sites (tertiary alicyclic amines) is 1. The lowest BCUT2D eigenvalue weighted by Crippen LogP contribution is -2.52. The Balaban J connectivity index is 1.10. The first-order chi connectivity index (χ1) is 23.5. The molecule has 0 spiro atoms. The Morgan fingerprint density at radius 3 is 2.47 bits per heavy atom. The van der Waals surface area contributed by atoms with Crippen molar-refractivity contribution in [1.82, 2.24) is 24.5 Å². The molecule has 264 valence electrons. The molecule has 2 aromatic carbocycles. The topological polar surface area (TPSA) is 100 Å². The predicted molar refractivity (Wildman–Crippen MR) is 179 cm³/mol. The normalized spacial score (nSPS) is 24.0. The highest BCUT2D eigenvalue weighted by Crippen LogP contribution is 2.30. The number of alkyl halides is 3. The maximum Gasteiger partial charge on any atom is 0.401 e. The van der Waals surface area contributed by atoms with Crippen molar-refractivity contribution in [2.24, 2.45) is 13.0 Å². The number of nitrogens with zero attached hydrogens (tertiary/aromatic N) is 5. The van der Waals surface area contributed by atoms with Crippen LogP contribution < -0.4 is 5.32 Å². The SMILES string of the molecule is Cc1cc(CC(=O)N2C[C@@H](N3CCN(CC(F)(F)F)CC3)C[C@H]2COC2CCC(C=O)CC2)ccc1NC(=O)c1nn(C)c2ccccc12. The number of para-hydroxylation sites is 1. The Morgan fingerprint density at radius 2 is 1.78 bits per heavy atom. The summed E-state index contributed by atoms with van der Waals surface area (Å²) in [5.41, 5.74) is 3.48. The van der Waals surface area contributed by atoms with Gasteiger partial charge in [0, 0.05) is 62.8 Å². The number of aromatic nitrogens is 2.